The van der Waals surface area contributed by atoms with Crippen LogP contribution < -0.4 is 10.6 Å². The van der Waals surface area contributed by atoms with Crippen molar-refractivity contribution in [3.05, 3.63) is 58.5 Å². The largest absolute Gasteiger partial charge is 0.337 e. The van der Waals surface area contributed by atoms with E-state index in [9.17, 15) is 4.79 Å². The maximum Gasteiger partial charge on any atom is 0.319 e. The molecule has 3 aromatic rings. The van der Waals surface area contributed by atoms with Gasteiger partial charge in [-0.2, -0.15) is 0 Å². The number of fused-ring (bicyclic) bond motifs is 1. The minimum Gasteiger partial charge on any atom is -0.337 e. The van der Waals surface area contributed by atoms with Crippen molar-refractivity contribution < 1.29 is 4.79 Å². The van der Waals surface area contributed by atoms with Gasteiger partial charge in [0.25, 0.3) is 0 Å². The number of rotatable bonds is 5. The second kappa shape index (κ2) is 7.45. The molecule has 1 heterocycles. The Labute approximate surface area is 145 Å². The Morgan fingerprint density at radius 3 is 2.75 bits per heavy atom. The van der Waals surface area contributed by atoms with E-state index < -0.39 is 0 Å². The number of nitrogens with one attached hydrogen (secondary N) is 2. The van der Waals surface area contributed by atoms with Crippen molar-refractivity contribution >= 4 is 33.8 Å². The average Bonchev–Trinajstić information content (AvgIpc) is 3.04. The summed E-state index contributed by atoms with van der Waals surface area (Å²) in [5.74, 6) is 0.450. The highest BCUT2D eigenvalue weighted by Crippen LogP contribution is 2.22. The molecule has 1 aromatic heterocycles. The van der Waals surface area contributed by atoms with Gasteiger partial charge >= 0.3 is 6.03 Å². The van der Waals surface area contributed by atoms with Crippen LogP contribution in [-0.2, 0) is 6.42 Å². The standard InChI is InChI=1S/C19H21N3OS/c1-13(2)18-21-15(12-24-18)10-11-20-19(23)22-17-9-5-7-14-6-3-4-8-16(14)17/h3-9,12-13H,10-11H2,1-2H3,(H2,20,22,23). The van der Waals surface area contributed by atoms with Crippen molar-refractivity contribution in [3.8, 4) is 0 Å². The molecule has 2 N–H and O–H groups in total. The first-order valence-corrected chi connectivity index (χ1v) is 8.98. The molecule has 0 radical (unpaired) electrons. The van der Waals surface area contributed by atoms with Crippen LogP contribution in [0, 0.1) is 0 Å². The molecule has 0 fully saturated rings. The first-order valence-electron chi connectivity index (χ1n) is 8.10. The van der Waals surface area contributed by atoms with E-state index in [1.807, 2.05) is 42.5 Å². The highest BCUT2D eigenvalue weighted by Gasteiger charge is 2.07. The zero-order valence-corrected chi connectivity index (χ0v) is 14.7. The summed E-state index contributed by atoms with van der Waals surface area (Å²) in [5.41, 5.74) is 1.86. The third-order valence-corrected chi connectivity index (χ3v) is 4.96. The molecule has 2 aromatic carbocycles. The molecule has 5 heteroatoms. The first kappa shape index (κ1) is 16.5. The fourth-order valence-corrected chi connectivity index (χ4v) is 3.38. The lowest BCUT2D eigenvalue weighted by Crippen LogP contribution is -2.30. The van der Waals surface area contributed by atoms with Gasteiger partial charge in [0.05, 0.1) is 16.4 Å². The van der Waals surface area contributed by atoms with Crippen molar-refractivity contribution in [2.24, 2.45) is 0 Å². The molecule has 0 unspecified atom stereocenters. The molecular weight excluding hydrogens is 318 g/mol. The fourth-order valence-electron chi connectivity index (χ4n) is 2.51. The Morgan fingerprint density at radius 1 is 1.17 bits per heavy atom. The van der Waals surface area contributed by atoms with Gasteiger partial charge in [-0.25, -0.2) is 9.78 Å². The van der Waals surface area contributed by atoms with Crippen LogP contribution >= 0.6 is 11.3 Å². The SMILES string of the molecule is CC(C)c1nc(CCNC(=O)Nc2cccc3ccccc23)cs1. The number of nitrogens with zero attached hydrogens (tertiary/aromatic N) is 1. The highest BCUT2D eigenvalue weighted by atomic mass is 32.1. The summed E-state index contributed by atoms with van der Waals surface area (Å²) in [4.78, 5) is 16.7. The Hall–Kier alpha value is -2.40. The summed E-state index contributed by atoms with van der Waals surface area (Å²) in [5, 5.41) is 11.2. The summed E-state index contributed by atoms with van der Waals surface area (Å²) in [6.07, 6.45) is 0.742. The van der Waals surface area contributed by atoms with Crippen molar-refractivity contribution in [2.75, 3.05) is 11.9 Å². The molecule has 0 saturated heterocycles. The minimum absolute atomic E-state index is 0.189. The smallest absolute Gasteiger partial charge is 0.319 e. The van der Waals surface area contributed by atoms with E-state index in [1.54, 1.807) is 11.3 Å². The predicted octanol–water partition coefficient (Wildman–Crippen LogP) is 4.78. The molecular formula is C19H21N3OS. The van der Waals surface area contributed by atoms with Gasteiger partial charge in [0.15, 0.2) is 0 Å². The van der Waals surface area contributed by atoms with Crippen LogP contribution in [0.4, 0.5) is 10.5 Å². The molecule has 24 heavy (non-hydrogen) atoms. The Kier molecular flexibility index (Phi) is 5.11. The molecule has 0 aliphatic heterocycles. The van der Waals surface area contributed by atoms with Crippen molar-refractivity contribution in [3.63, 3.8) is 0 Å². The number of thiazole rings is 1. The van der Waals surface area contributed by atoms with Crippen molar-refractivity contribution in [1.29, 1.82) is 0 Å². The van der Waals surface area contributed by atoms with E-state index in [1.165, 1.54) is 0 Å². The quantitative estimate of drug-likeness (QED) is 0.702. The molecule has 0 atom stereocenters. The topological polar surface area (TPSA) is 54.0 Å². The number of benzene rings is 2. The van der Waals surface area contributed by atoms with Crippen LogP contribution in [0.3, 0.4) is 0 Å². The van der Waals surface area contributed by atoms with Crippen molar-refractivity contribution in [1.82, 2.24) is 10.3 Å². The van der Waals surface area contributed by atoms with E-state index in [4.69, 9.17) is 0 Å². The molecule has 0 spiro atoms. The van der Waals surface area contributed by atoms with Gasteiger partial charge in [-0.3, -0.25) is 0 Å². The first-order chi connectivity index (χ1) is 11.6. The van der Waals surface area contributed by atoms with Crippen LogP contribution in [0.1, 0.15) is 30.5 Å². The molecule has 0 aliphatic carbocycles. The van der Waals surface area contributed by atoms with Crippen LogP contribution in [0.15, 0.2) is 47.8 Å². The molecule has 4 nitrogen and oxygen atoms in total. The molecule has 0 bridgehead atoms. The number of hydrogen-bond acceptors (Lipinski definition) is 3. The zero-order chi connectivity index (χ0) is 16.9. The lowest BCUT2D eigenvalue weighted by atomic mass is 10.1. The summed E-state index contributed by atoms with van der Waals surface area (Å²) in [7, 11) is 0. The second-order valence-corrected chi connectivity index (χ2v) is 6.88. The summed E-state index contributed by atoms with van der Waals surface area (Å²) in [6.45, 7) is 4.84. The van der Waals surface area contributed by atoms with Gasteiger partial charge in [-0.1, -0.05) is 50.2 Å². The van der Waals surface area contributed by atoms with Crippen LogP contribution in [0.2, 0.25) is 0 Å². The minimum atomic E-state index is -0.189. The van der Waals surface area contributed by atoms with Gasteiger partial charge < -0.3 is 10.6 Å². The number of urea groups is 1. The molecule has 0 saturated carbocycles. The average molecular weight is 339 g/mol. The number of amides is 2. The number of carbonyl (C=O) groups is 1. The number of anilines is 1. The zero-order valence-electron chi connectivity index (χ0n) is 13.9. The van der Waals surface area contributed by atoms with Gasteiger partial charge in [-0.05, 0) is 11.5 Å². The lowest BCUT2D eigenvalue weighted by Gasteiger charge is -2.09. The van der Waals surface area contributed by atoms with Gasteiger partial charge in [0.2, 0.25) is 0 Å². The summed E-state index contributed by atoms with van der Waals surface area (Å²) >= 11 is 1.68. The van der Waals surface area contributed by atoms with Crippen LogP contribution in [-0.4, -0.2) is 17.6 Å². The maximum absolute atomic E-state index is 12.1. The van der Waals surface area contributed by atoms with E-state index in [0.717, 1.165) is 33.6 Å². The number of hydrogen-bond donors (Lipinski definition) is 2. The maximum atomic E-state index is 12.1. The monoisotopic (exact) mass is 339 g/mol. The van der Waals surface area contributed by atoms with Gasteiger partial charge in [-0.15, -0.1) is 11.3 Å². The third-order valence-electron chi connectivity index (χ3n) is 3.77. The Morgan fingerprint density at radius 2 is 1.96 bits per heavy atom. The number of carbonyl (C=O) groups excluding carboxylic acids is 1. The molecule has 2 amide bonds. The molecule has 0 aliphatic rings. The summed E-state index contributed by atoms with van der Waals surface area (Å²) in [6, 6.07) is 13.7. The summed E-state index contributed by atoms with van der Waals surface area (Å²) < 4.78 is 0. The highest BCUT2D eigenvalue weighted by molar-refractivity contribution is 7.09. The Balaban J connectivity index is 1.55. The van der Waals surface area contributed by atoms with E-state index in [0.29, 0.717) is 12.5 Å². The predicted molar refractivity (Wildman–Crippen MR) is 101 cm³/mol. The Bertz CT molecular complexity index is 836. The van der Waals surface area contributed by atoms with E-state index in [2.05, 4.69) is 34.8 Å². The second-order valence-electron chi connectivity index (χ2n) is 5.99. The van der Waals surface area contributed by atoms with E-state index >= 15 is 0 Å². The van der Waals surface area contributed by atoms with Gasteiger partial charge in [0, 0.05) is 29.6 Å². The number of aromatic nitrogens is 1. The van der Waals surface area contributed by atoms with Gasteiger partial charge in [0.1, 0.15) is 0 Å². The molecule has 3 rings (SSSR count). The normalized spacial score (nSPS) is 11.0. The van der Waals surface area contributed by atoms with Crippen molar-refractivity contribution in [2.45, 2.75) is 26.2 Å². The fraction of sp³-hybridized carbons (Fsp3) is 0.263. The lowest BCUT2D eigenvalue weighted by molar-refractivity contribution is 0.252. The third kappa shape index (κ3) is 3.92. The van der Waals surface area contributed by atoms with Crippen LogP contribution in [0.25, 0.3) is 10.8 Å². The van der Waals surface area contributed by atoms with E-state index in [-0.39, 0.29) is 6.03 Å². The van der Waals surface area contributed by atoms with Crippen LogP contribution in [0.5, 0.6) is 0 Å². The molecule has 124 valence electrons.